The molecule has 1 aromatic heterocycles. The van der Waals surface area contributed by atoms with Crippen molar-refractivity contribution in [3.05, 3.63) is 59.7 Å². The molecular formula is C16H12F3N3O2. The Hall–Kier alpha value is -3.08. The summed E-state index contributed by atoms with van der Waals surface area (Å²) in [6.07, 6.45) is -3.29. The highest BCUT2D eigenvalue weighted by molar-refractivity contribution is 5.67. The van der Waals surface area contributed by atoms with Crippen molar-refractivity contribution in [2.45, 2.75) is 12.8 Å². The van der Waals surface area contributed by atoms with E-state index in [1.807, 2.05) is 30.3 Å². The van der Waals surface area contributed by atoms with Crippen molar-refractivity contribution in [3.63, 3.8) is 0 Å². The number of nitrogens with one attached hydrogen (secondary N) is 1. The van der Waals surface area contributed by atoms with E-state index in [2.05, 4.69) is 27.1 Å². The minimum atomic E-state index is -4.59. The molecule has 8 heteroatoms. The van der Waals surface area contributed by atoms with Gasteiger partial charge in [0.2, 0.25) is 5.82 Å². The summed E-state index contributed by atoms with van der Waals surface area (Å²) in [5.74, 6) is 3.88. The van der Waals surface area contributed by atoms with E-state index < -0.39 is 18.1 Å². The number of carbonyl (C=O) groups excluding carboxylic acids is 1. The number of benzene rings is 1. The van der Waals surface area contributed by atoms with E-state index >= 15 is 0 Å². The van der Waals surface area contributed by atoms with Gasteiger partial charge in [0.1, 0.15) is 6.61 Å². The van der Waals surface area contributed by atoms with Crippen LogP contribution in [-0.2, 0) is 17.5 Å². The summed E-state index contributed by atoms with van der Waals surface area (Å²) in [7, 11) is 0. The Bertz CT molecular complexity index is 735. The van der Waals surface area contributed by atoms with Crippen molar-refractivity contribution in [3.8, 4) is 11.8 Å². The molecule has 0 spiro atoms. The molecule has 0 aliphatic rings. The molecule has 1 aromatic carbocycles. The Balaban J connectivity index is 1.76. The third kappa shape index (κ3) is 5.61. The average molecular weight is 335 g/mol. The fourth-order valence-corrected chi connectivity index (χ4v) is 1.58. The molecule has 0 saturated carbocycles. The number of carbonyl (C=O) groups is 1. The van der Waals surface area contributed by atoms with Crippen molar-refractivity contribution in [2.24, 2.45) is 0 Å². The SMILES string of the molecule is O=C(NCC#Cc1cnc(C(F)(F)F)nc1)OCc1ccccc1. The van der Waals surface area contributed by atoms with Gasteiger partial charge in [-0.3, -0.25) is 0 Å². The molecule has 0 aliphatic heterocycles. The molecule has 24 heavy (non-hydrogen) atoms. The topological polar surface area (TPSA) is 64.1 Å². The van der Waals surface area contributed by atoms with Gasteiger partial charge < -0.3 is 10.1 Å². The van der Waals surface area contributed by atoms with Crippen LogP contribution in [0.15, 0.2) is 42.7 Å². The third-order valence-electron chi connectivity index (χ3n) is 2.67. The molecule has 1 heterocycles. The molecule has 0 saturated heterocycles. The molecule has 0 fully saturated rings. The summed E-state index contributed by atoms with van der Waals surface area (Å²) >= 11 is 0. The second-order valence-corrected chi connectivity index (χ2v) is 4.51. The maximum atomic E-state index is 12.3. The summed E-state index contributed by atoms with van der Waals surface area (Å²) in [6.45, 7) is 0.113. The number of alkyl carbamates (subject to hydrolysis) is 1. The fourth-order valence-electron chi connectivity index (χ4n) is 1.58. The van der Waals surface area contributed by atoms with Gasteiger partial charge in [-0.2, -0.15) is 13.2 Å². The second-order valence-electron chi connectivity index (χ2n) is 4.51. The maximum Gasteiger partial charge on any atom is 0.451 e. The van der Waals surface area contributed by atoms with Crippen LogP contribution in [0.4, 0.5) is 18.0 Å². The zero-order chi connectivity index (χ0) is 17.4. The summed E-state index contributed by atoms with van der Waals surface area (Å²) in [5.41, 5.74) is 1.06. The maximum absolute atomic E-state index is 12.3. The number of ether oxygens (including phenoxy) is 1. The molecule has 0 radical (unpaired) electrons. The highest BCUT2D eigenvalue weighted by Gasteiger charge is 2.34. The van der Waals surface area contributed by atoms with Crippen LogP contribution < -0.4 is 5.32 Å². The smallest absolute Gasteiger partial charge is 0.445 e. The molecule has 2 aromatic rings. The van der Waals surface area contributed by atoms with Gasteiger partial charge in [0.05, 0.1) is 12.1 Å². The van der Waals surface area contributed by atoms with E-state index in [9.17, 15) is 18.0 Å². The highest BCUT2D eigenvalue weighted by Crippen LogP contribution is 2.25. The van der Waals surface area contributed by atoms with E-state index in [4.69, 9.17) is 4.74 Å². The normalized spacial score (nSPS) is 10.5. The van der Waals surface area contributed by atoms with E-state index in [1.165, 1.54) is 0 Å². The van der Waals surface area contributed by atoms with Crippen LogP contribution in [0, 0.1) is 11.8 Å². The van der Waals surface area contributed by atoms with Gasteiger partial charge in [-0.1, -0.05) is 42.2 Å². The van der Waals surface area contributed by atoms with Gasteiger partial charge in [0.25, 0.3) is 0 Å². The van der Waals surface area contributed by atoms with Crippen LogP contribution in [-0.4, -0.2) is 22.6 Å². The monoisotopic (exact) mass is 335 g/mol. The van der Waals surface area contributed by atoms with Crippen LogP contribution in [0.3, 0.4) is 0 Å². The molecule has 5 nitrogen and oxygen atoms in total. The molecule has 0 aliphatic carbocycles. The molecule has 1 N–H and O–H groups in total. The van der Waals surface area contributed by atoms with Gasteiger partial charge in [-0.05, 0) is 5.56 Å². The largest absolute Gasteiger partial charge is 0.451 e. The van der Waals surface area contributed by atoms with Crippen LogP contribution in [0.5, 0.6) is 0 Å². The number of halogens is 3. The van der Waals surface area contributed by atoms with Crippen molar-refractivity contribution in [2.75, 3.05) is 6.54 Å². The standard InChI is InChI=1S/C16H12F3N3O2/c17-16(18,19)14-21-9-13(10-22-14)7-4-8-20-15(23)24-11-12-5-2-1-3-6-12/h1-3,5-6,9-10H,8,11H2,(H,20,23). The molecule has 0 unspecified atom stereocenters. The van der Waals surface area contributed by atoms with Gasteiger partial charge in [0.15, 0.2) is 0 Å². The zero-order valence-corrected chi connectivity index (χ0v) is 12.3. The fraction of sp³-hybridized carbons (Fsp3) is 0.188. The van der Waals surface area contributed by atoms with E-state index in [-0.39, 0.29) is 18.7 Å². The molecular weight excluding hydrogens is 323 g/mol. The Labute approximate surface area is 135 Å². The Morgan fingerprint density at radius 3 is 2.46 bits per heavy atom. The number of amides is 1. The van der Waals surface area contributed by atoms with Crippen molar-refractivity contribution >= 4 is 6.09 Å². The number of rotatable bonds is 3. The molecule has 0 bridgehead atoms. The Kier molecular flexibility index (Phi) is 5.73. The third-order valence-corrected chi connectivity index (χ3v) is 2.67. The molecule has 1 amide bonds. The summed E-state index contributed by atoms with van der Waals surface area (Å²) < 4.78 is 41.8. The predicted molar refractivity (Wildman–Crippen MR) is 78.5 cm³/mol. The number of aromatic nitrogens is 2. The number of hydrogen-bond acceptors (Lipinski definition) is 4. The first-order valence-electron chi connectivity index (χ1n) is 6.78. The molecule has 124 valence electrons. The first-order valence-corrected chi connectivity index (χ1v) is 6.78. The number of hydrogen-bond donors (Lipinski definition) is 1. The minimum absolute atomic E-state index is 0.0192. The Morgan fingerprint density at radius 2 is 1.83 bits per heavy atom. The van der Waals surface area contributed by atoms with Crippen molar-refractivity contribution in [1.82, 2.24) is 15.3 Å². The average Bonchev–Trinajstić information content (AvgIpc) is 2.57. The van der Waals surface area contributed by atoms with Gasteiger partial charge in [-0.25, -0.2) is 14.8 Å². The predicted octanol–water partition coefficient (Wildman–Crippen LogP) is 2.77. The van der Waals surface area contributed by atoms with Gasteiger partial charge in [-0.15, -0.1) is 0 Å². The summed E-state index contributed by atoms with van der Waals surface area (Å²) in [4.78, 5) is 17.8. The van der Waals surface area contributed by atoms with E-state index in [1.54, 1.807) is 0 Å². The number of alkyl halides is 3. The molecule has 0 atom stereocenters. The van der Waals surface area contributed by atoms with E-state index in [0.29, 0.717) is 0 Å². The van der Waals surface area contributed by atoms with Crippen LogP contribution in [0.2, 0.25) is 0 Å². The lowest BCUT2D eigenvalue weighted by atomic mass is 10.2. The van der Waals surface area contributed by atoms with E-state index in [0.717, 1.165) is 18.0 Å². The van der Waals surface area contributed by atoms with Gasteiger partial charge in [0, 0.05) is 12.4 Å². The highest BCUT2D eigenvalue weighted by atomic mass is 19.4. The quantitative estimate of drug-likeness (QED) is 0.876. The number of nitrogens with zero attached hydrogens (tertiary/aromatic N) is 2. The van der Waals surface area contributed by atoms with Crippen LogP contribution in [0.1, 0.15) is 17.0 Å². The summed E-state index contributed by atoms with van der Waals surface area (Å²) in [5, 5.41) is 2.40. The lowest BCUT2D eigenvalue weighted by Gasteiger charge is -2.04. The minimum Gasteiger partial charge on any atom is -0.445 e. The first kappa shape index (κ1) is 17.3. The lowest BCUT2D eigenvalue weighted by Crippen LogP contribution is -2.24. The van der Waals surface area contributed by atoms with Crippen molar-refractivity contribution in [1.29, 1.82) is 0 Å². The second kappa shape index (κ2) is 7.97. The Morgan fingerprint density at radius 1 is 1.17 bits per heavy atom. The summed E-state index contributed by atoms with van der Waals surface area (Å²) in [6, 6.07) is 9.14. The zero-order valence-electron chi connectivity index (χ0n) is 12.3. The molecule has 2 rings (SSSR count). The van der Waals surface area contributed by atoms with Crippen molar-refractivity contribution < 1.29 is 22.7 Å². The lowest BCUT2D eigenvalue weighted by molar-refractivity contribution is -0.145. The van der Waals surface area contributed by atoms with Crippen LogP contribution >= 0.6 is 0 Å². The van der Waals surface area contributed by atoms with Crippen LogP contribution in [0.25, 0.3) is 0 Å². The first-order chi connectivity index (χ1) is 11.4. The van der Waals surface area contributed by atoms with Gasteiger partial charge >= 0.3 is 12.3 Å².